The van der Waals surface area contributed by atoms with Crippen LogP contribution >= 0.6 is 0 Å². The summed E-state index contributed by atoms with van der Waals surface area (Å²) in [7, 11) is 0. The first-order valence-electron chi connectivity index (χ1n) is 7.78. The fourth-order valence-electron chi connectivity index (χ4n) is 3.94. The molecule has 20 heavy (non-hydrogen) atoms. The van der Waals surface area contributed by atoms with E-state index in [-0.39, 0.29) is 11.8 Å². The highest BCUT2D eigenvalue weighted by Crippen LogP contribution is 2.40. The molecular weight excluding hydrogens is 256 g/mol. The molecule has 0 aromatic heterocycles. The van der Waals surface area contributed by atoms with Crippen molar-refractivity contribution in [1.29, 1.82) is 0 Å². The first-order valence-corrected chi connectivity index (χ1v) is 7.78. The van der Waals surface area contributed by atoms with E-state index in [0.29, 0.717) is 24.4 Å². The summed E-state index contributed by atoms with van der Waals surface area (Å²) < 4.78 is 0. The Labute approximate surface area is 119 Å². The van der Waals surface area contributed by atoms with E-state index in [1.807, 2.05) is 0 Å². The number of piperidine rings is 1. The van der Waals surface area contributed by atoms with Gasteiger partial charge in [0, 0.05) is 18.5 Å². The van der Waals surface area contributed by atoms with Crippen molar-refractivity contribution in [3.8, 4) is 0 Å². The fourth-order valence-corrected chi connectivity index (χ4v) is 3.94. The number of hydrogen-bond acceptors (Lipinski definition) is 3. The van der Waals surface area contributed by atoms with Gasteiger partial charge in [-0.15, -0.1) is 0 Å². The van der Waals surface area contributed by atoms with Crippen molar-refractivity contribution in [3.05, 3.63) is 0 Å². The molecule has 5 heteroatoms. The molecule has 2 heterocycles. The molecule has 1 amide bonds. The minimum Gasteiger partial charge on any atom is -0.480 e. The van der Waals surface area contributed by atoms with Crippen LogP contribution in [0.15, 0.2) is 0 Å². The lowest BCUT2D eigenvalue weighted by Crippen LogP contribution is -2.54. The van der Waals surface area contributed by atoms with Gasteiger partial charge in [0.25, 0.3) is 0 Å². The Bertz CT molecular complexity index is 409. The van der Waals surface area contributed by atoms with Crippen LogP contribution in [0.4, 0.5) is 0 Å². The number of carbonyl (C=O) groups is 2. The molecule has 0 aromatic rings. The van der Waals surface area contributed by atoms with E-state index in [4.69, 9.17) is 0 Å². The van der Waals surface area contributed by atoms with Gasteiger partial charge < -0.3 is 15.7 Å². The SMILES string of the molecule is CC(NC(=O)CC1CC2CCC(C1)N2)(C(=O)O)C1CC1. The Morgan fingerprint density at radius 2 is 1.80 bits per heavy atom. The number of rotatable bonds is 5. The van der Waals surface area contributed by atoms with E-state index in [1.165, 1.54) is 12.8 Å². The number of aliphatic carboxylic acids is 1. The maximum absolute atomic E-state index is 12.2. The summed E-state index contributed by atoms with van der Waals surface area (Å²) in [5.74, 6) is -0.481. The standard InChI is InChI=1S/C15H24N2O3/c1-15(14(19)20,10-2-3-10)17-13(18)8-9-6-11-4-5-12(7-9)16-11/h9-12,16H,2-8H2,1H3,(H,17,18)(H,19,20). The summed E-state index contributed by atoms with van der Waals surface area (Å²) in [5, 5.41) is 15.7. The number of amides is 1. The molecule has 3 fully saturated rings. The zero-order chi connectivity index (χ0) is 14.3. The van der Waals surface area contributed by atoms with Crippen LogP contribution < -0.4 is 10.6 Å². The number of fused-ring (bicyclic) bond motifs is 2. The third-order valence-electron chi connectivity index (χ3n) is 5.28. The van der Waals surface area contributed by atoms with Crippen LogP contribution in [0.5, 0.6) is 0 Å². The van der Waals surface area contributed by atoms with Gasteiger partial charge in [0.2, 0.25) is 5.91 Å². The Morgan fingerprint density at radius 3 is 2.30 bits per heavy atom. The molecule has 0 radical (unpaired) electrons. The van der Waals surface area contributed by atoms with Crippen molar-refractivity contribution in [2.24, 2.45) is 11.8 Å². The summed E-state index contributed by atoms with van der Waals surface area (Å²) in [5.41, 5.74) is -1.07. The first kappa shape index (κ1) is 13.9. The molecular formula is C15H24N2O3. The normalized spacial score (nSPS) is 35.4. The summed E-state index contributed by atoms with van der Waals surface area (Å²) in [6.07, 6.45) is 6.83. The molecule has 3 unspecified atom stereocenters. The van der Waals surface area contributed by atoms with E-state index in [1.54, 1.807) is 6.92 Å². The molecule has 1 saturated carbocycles. The quantitative estimate of drug-likeness (QED) is 0.709. The summed E-state index contributed by atoms with van der Waals surface area (Å²) >= 11 is 0. The molecule has 3 aliphatic rings. The topological polar surface area (TPSA) is 78.4 Å². The highest BCUT2D eigenvalue weighted by atomic mass is 16.4. The molecule has 2 bridgehead atoms. The summed E-state index contributed by atoms with van der Waals surface area (Å²) in [6, 6.07) is 1.14. The van der Waals surface area contributed by atoms with Gasteiger partial charge in [-0.1, -0.05) is 0 Å². The molecule has 2 saturated heterocycles. The maximum Gasteiger partial charge on any atom is 0.329 e. The van der Waals surface area contributed by atoms with Gasteiger partial charge in [0.05, 0.1) is 0 Å². The molecule has 0 spiro atoms. The van der Waals surface area contributed by atoms with E-state index in [9.17, 15) is 14.7 Å². The highest BCUT2D eigenvalue weighted by Gasteiger charge is 2.48. The van der Waals surface area contributed by atoms with Crippen LogP contribution in [0.2, 0.25) is 0 Å². The zero-order valence-corrected chi connectivity index (χ0v) is 12.0. The Hall–Kier alpha value is -1.10. The van der Waals surface area contributed by atoms with Crippen molar-refractivity contribution in [3.63, 3.8) is 0 Å². The minimum atomic E-state index is -1.07. The average Bonchev–Trinajstić information content (AvgIpc) is 3.16. The van der Waals surface area contributed by atoms with E-state index in [0.717, 1.165) is 25.7 Å². The highest BCUT2D eigenvalue weighted by molar-refractivity contribution is 5.87. The fraction of sp³-hybridized carbons (Fsp3) is 0.867. The van der Waals surface area contributed by atoms with Gasteiger partial charge in [-0.2, -0.15) is 0 Å². The number of carboxylic acid groups (broad SMARTS) is 1. The predicted octanol–water partition coefficient (Wildman–Crippen LogP) is 1.28. The second-order valence-corrected chi connectivity index (χ2v) is 7.01. The predicted molar refractivity (Wildman–Crippen MR) is 74.2 cm³/mol. The number of nitrogens with one attached hydrogen (secondary N) is 2. The van der Waals surface area contributed by atoms with Crippen molar-refractivity contribution >= 4 is 11.9 Å². The van der Waals surface area contributed by atoms with Gasteiger partial charge in [-0.05, 0) is 57.3 Å². The zero-order valence-electron chi connectivity index (χ0n) is 12.0. The first-order chi connectivity index (χ1) is 9.47. The Morgan fingerprint density at radius 1 is 1.20 bits per heavy atom. The number of carbonyl (C=O) groups excluding carboxylic acids is 1. The third kappa shape index (κ3) is 2.68. The lowest BCUT2D eigenvalue weighted by atomic mass is 9.88. The van der Waals surface area contributed by atoms with Crippen molar-refractivity contribution < 1.29 is 14.7 Å². The van der Waals surface area contributed by atoms with Gasteiger partial charge >= 0.3 is 5.97 Å². The second kappa shape index (κ2) is 5.02. The Kier molecular flexibility index (Phi) is 3.48. The smallest absolute Gasteiger partial charge is 0.329 e. The summed E-state index contributed by atoms with van der Waals surface area (Å²) in [6.45, 7) is 1.65. The van der Waals surface area contributed by atoms with Gasteiger partial charge in [-0.3, -0.25) is 4.79 Å². The van der Waals surface area contributed by atoms with Crippen molar-refractivity contribution in [2.75, 3.05) is 0 Å². The molecule has 2 aliphatic heterocycles. The largest absolute Gasteiger partial charge is 0.480 e. The molecule has 3 rings (SSSR count). The molecule has 0 aromatic carbocycles. The molecule has 1 aliphatic carbocycles. The van der Waals surface area contributed by atoms with E-state index in [2.05, 4.69) is 10.6 Å². The Balaban J connectivity index is 1.55. The molecule has 5 nitrogen and oxygen atoms in total. The van der Waals surface area contributed by atoms with Gasteiger partial charge in [0.1, 0.15) is 5.54 Å². The summed E-state index contributed by atoms with van der Waals surface area (Å²) in [4.78, 5) is 23.6. The molecule has 3 atom stereocenters. The molecule has 112 valence electrons. The van der Waals surface area contributed by atoms with Crippen LogP contribution in [0.25, 0.3) is 0 Å². The average molecular weight is 280 g/mol. The second-order valence-electron chi connectivity index (χ2n) is 7.01. The van der Waals surface area contributed by atoms with E-state index < -0.39 is 11.5 Å². The maximum atomic E-state index is 12.2. The lowest BCUT2D eigenvalue weighted by molar-refractivity contribution is -0.148. The lowest BCUT2D eigenvalue weighted by Gasteiger charge is -2.31. The number of carboxylic acids is 1. The van der Waals surface area contributed by atoms with Gasteiger partial charge in [0.15, 0.2) is 0 Å². The van der Waals surface area contributed by atoms with Crippen molar-refractivity contribution in [1.82, 2.24) is 10.6 Å². The van der Waals surface area contributed by atoms with Crippen LogP contribution in [0.1, 0.15) is 51.9 Å². The minimum absolute atomic E-state index is 0.0897. The van der Waals surface area contributed by atoms with Crippen LogP contribution in [0, 0.1) is 11.8 Å². The van der Waals surface area contributed by atoms with E-state index >= 15 is 0 Å². The third-order valence-corrected chi connectivity index (χ3v) is 5.28. The van der Waals surface area contributed by atoms with Crippen LogP contribution in [-0.4, -0.2) is 34.6 Å². The monoisotopic (exact) mass is 280 g/mol. The number of hydrogen-bond donors (Lipinski definition) is 3. The molecule has 3 N–H and O–H groups in total. The van der Waals surface area contributed by atoms with Crippen LogP contribution in [0.3, 0.4) is 0 Å². The van der Waals surface area contributed by atoms with Crippen LogP contribution in [-0.2, 0) is 9.59 Å². The van der Waals surface area contributed by atoms with Crippen molar-refractivity contribution in [2.45, 2.75) is 69.5 Å². The van der Waals surface area contributed by atoms with Gasteiger partial charge in [-0.25, -0.2) is 4.79 Å².